The molecule has 1 amide bonds. The number of carbonyl (C=O) groups is 1. The molecule has 0 fully saturated rings. The number of hydrogen-bond donors (Lipinski definition) is 2. The lowest BCUT2D eigenvalue weighted by Gasteiger charge is -2.14. The highest BCUT2D eigenvalue weighted by molar-refractivity contribution is 5.94. The molecule has 0 saturated carbocycles. The smallest absolute Gasteiger partial charge is 0.258 e. The largest absolute Gasteiger partial charge is 0.378 e. The van der Waals surface area contributed by atoms with E-state index >= 15 is 0 Å². The predicted octanol–water partition coefficient (Wildman–Crippen LogP) is 2.85. The molecule has 1 heterocycles. The van der Waals surface area contributed by atoms with Gasteiger partial charge in [0.2, 0.25) is 0 Å². The minimum absolute atomic E-state index is 0.494. The molecule has 3 rings (SSSR count). The summed E-state index contributed by atoms with van der Waals surface area (Å²) in [4.78, 5) is 12.3. The number of aryl methyl sites for hydroxylation is 1. The maximum atomic E-state index is 12.3. The number of aliphatic hydroxyl groups excluding tert-OH is 1. The van der Waals surface area contributed by atoms with Gasteiger partial charge in [0.15, 0.2) is 6.10 Å². The Hall–Kier alpha value is -2.92. The lowest BCUT2D eigenvalue weighted by Crippen LogP contribution is -2.22. The minimum atomic E-state index is -1.23. The summed E-state index contributed by atoms with van der Waals surface area (Å²) >= 11 is 0. The van der Waals surface area contributed by atoms with Gasteiger partial charge >= 0.3 is 0 Å². The fraction of sp³-hybridized carbons (Fsp3) is 0.111. The highest BCUT2D eigenvalue weighted by atomic mass is 16.3. The van der Waals surface area contributed by atoms with Gasteiger partial charge in [-0.25, -0.2) is 4.68 Å². The van der Waals surface area contributed by atoms with Gasteiger partial charge in [0, 0.05) is 6.07 Å². The van der Waals surface area contributed by atoms with Crippen molar-refractivity contribution in [2.75, 3.05) is 5.32 Å². The predicted molar refractivity (Wildman–Crippen MR) is 88.3 cm³/mol. The van der Waals surface area contributed by atoms with Gasteiger partial charge < -0.3 is 10.4 Å². The maximum absolute atomic E-state index is 12.3. The standard InChI is InChI=1S/C18H17N3O2/c1-13-7-5-6-10-15(13)21-16(11-12-19-21)20-18(23)17(22)14-8-3-2-4-9-14/h2-12,17,22H,1H3,(H,20,23). The van der Waals surface area contributed by atoms with E-state index in [4.69, 9.17) is 0 Å². The number of aliphatic hydroxyl groups is 1. The summed E-state index contributed by atoms with van der Waals surface area (Å²) in [7, 11) is 0. The Labute approximate surface area is 134 Å². The van der Waals surface area contributed by atoms with Crippen molar-refractivity contribution in [3.8, 4) is 5.69 Å². The van der Waals surface area contributed by atoms with Gasteiger partial charge in [-0.15, -0.1) is 0 Å². The van der Waals surface area contributed by atoms with Crippen LogP contribution in [0.4, 0.5) is 5.82 Å². The summed E-state index contributed by atoms with van der Waals surface area (Å²) in [6.07, 6.45) is 0.383. The van der Waals surface area contributed by atoms with Gasteiger partial charge in [-0.3, -0.25) is 4.79 Å². The number of nitrogens with zero attached hydrogens (tertiary/aromatic N) is 2. The molecule has 5 heteroatoms. The van der Waals surface area contributed by atoms with Crippen molar-refractivity contribution in [3.05, 3.63) is 78.0 Å². The molecule has 5 nitrogen and oxygen atoms in total. The van der Waals surface area contributed by atoms with E-state index in [1.165, 1.54) is 0 Å². The summed E-state index contributed by atoms with van der Waals surface area (Å²) in [5, 5.41) is 17.1. The zero-order chi connectivity index (χ0) is 16.2. The monoisotopic (exact) mass is 307 g/mol. The number of rotatable bonds is 4. The van der Waals surface area contributed by atoms with E-state index in [1.807, 2.05) is 37.3 Å². The van der Waals surface area contributed by atoms with Crippen molar-refractivity contribution >= 4 is 11.7 Å². The van der Waals surface area contributed by atoms with Gasteiger partial charge in [-0.05, 0) is 24.1 Å². The van der Waals surface area contributed by atoms with Crippen molar-refractivity contribution < 1.29 is 9.90 Å². The number of aromatic nitrogens is 2. The molecule has 1 unspecified atom stereocenters. The Morgan fingerprint density at radius 1 is 1.09 bits per heavy atom. The molecule has 2 N–H and O–H groups in total. The van der Waals surface area contributed by atoms with Gasteiger partial charge in [-0.2, -0.15) is 5.10 Å². The van der Waals surface area contributed by atoms with Crippen molar-refractivity contribution in [1.82, 2.24) is 9.78 Å². The van der Waals surface area contributed by atoms with Crippen molar-refractivity contribution in [1.29, 1.82) is 0 Å². The van der Waals surface area contributed by atoms with E-state index in [0.29, 0.717) is 11.4 Å². The molecule has 0 saturated heterocycles. The summed E-state index contributed by atoms with van der Waals surface area (Å²) in [5.41, 5.74) is 2.46. The molecule has 0 aliphatic carbocycles. The Morgan fingerprint density at radius 2 is 1.78 bits per heavy atom. The van der Waals surface area contributed by atoms with Crippen LogP contribution in [0.2, 0.25) is 0 Å². The second kappa shape index (κ2) is 6.46. The second-order valence-electron chi connectivity index (χ2n) is 5.22. The lowest BCUT2D eigenvalue weighted by atomic mass is 10.1. The SMILES string of the molecule is Cc1ccccc1-n1nccc1NC(=O)C(O)c1ccccc1. The molecular weight excluding hydrogens is 290 g/mol. The molecule has 0 bridgehead atoms. The van der Waals surface area contributed by atoms with Crippen LogP contribution >= 0.6 is 0 Å². The fourth-order valence-electron chi connectivity index (χ4n) is 2.37. The van der Waals surface area contributed by atoms with Crippen LogP contribution in [0.15, 0.2) is 66.9 Å². The molecule has 1 aromatic heterocycles. The van der Waals surface area contributed by atoms with Gasteiger partial charge in [-0.1, -0.05) is 48.5 Å². The average molecular weight is 307 g/mol. The van der Waals surface area contributed by atoms with E-state index in [-0.39, 0.29) is 0 Å². The molecule has 116 valence electrons. The zero-order valence-electron chi connectivity index (χ0n) is 12.7. The number of nitrogens with one attached hydrogen (secondary N) is 1. The number of amides is 1. The third-order valence-corrected chi connectivity index (χ3v) is 3.60. The molecule has 2 aromatic carbocycles. The molecule has 0 aliphatic rings. The van der Waals surface area contributed by atoms with Crippen LogP contribution in [0, 0.1) is 6.92 Å². The first kappa shape index (κ1) is 15.0. The summed E-state index contributed by atoms with van der Waals surface area (Å²) < 4.78 is 1.64. The van der Waals surface area contributed by atoms with Crippen molar-refractivity contribution in [3.63, 3.8) is 0 Å². The van der Waals surface area contributed by atoms with Crippen LogP contribution in [-0.2, 0) is 4.79 Å². The Bertz CT molecular complexity index is 812. The van der Waals surface area contributed by atoms with Crippen LogP contribution in [0.25, 0.3) is 5.69 Å². The van der Waals surface area contributed by atoms with Crippen molar-refractivity contribution in [2.45, 2.75) is 13.0 Å². The summed E-state index contributed by atoms with van der Waals surface area (Å²) in [5.74, 6) is 0.0193. The summed E-state index contributed by atoms with van der Waals surface area (Å²) in [6.45, 7) is 1.97. The topological polar surface area (TPSA) is 67.2 Å². The number of anilines is 1. The highest BCUT2D eigenvalue weighted by Gasteiger charge is 2.19. The lowest BCUT2D eigenvalue weighted by molar-refractivity contribution is -0.124. The van der Waals surface area contributed by atoms with Crippen molar-refractivity contribution in [2.24, 2.45) is 0 Å². The minimum Gasteiger partial charge on any atom is -0.378 e. The second-order valence-corrected chi connectivity index (χ2v) is 5.22. The van der Waals surface area contributed by atoms with Crippen LogP contribution in [-0.4, -0.2) is 20.8 Å². The first-order valence-electron chi connectivity index (χ1n) is 7.31. The molecule has 0 spiro atoms. The Morgan fingerprint density at radius 3 is 2.52 bits per heavy atom. The van der Waals surface area contributed by atoms with Gasteiger partial charge in [0.05, 0.1) is 11.9 Å². The van der Waals surface area contributed by atoms with Crippen LogP contribution in [0.3, 0.4) is 0 Å². The molecule has 1 atom stereocenters. The van der Waals surface area contributed by atoms with E-state index in [9.17, 15) is 9.90 Å². The first-order chi connectivity index (χ1) is 11.2. The van der Waals surface area contributed by atoms with Crippen LogP contribution in [0.5, 0.6) is 0 Å². The number of para-hydroxylation sites is 1. The average Bonchev–Trinajstić information content (AvgIpc) is 3.03. The molecule has 0 aliphatic heterocycles. The third-order valence-electron chi connectivity index (χ3n) is 3.60. The number of hydrogen-bond acceptors (Lipinski definition) is 3. The fourth-order valence-corrected chi connectivity index (χ4v) is 2.37. The van der Waals surface area contributed by atoms with E-state index < -0.39 is 12.0 Å². The number of benzene rings is 2. The molecule has 0 radical (unpaired) electrons. The Balaban J connectivity index is 1.83. The molecule has 3 aromatic rings. The third kappa shape index (κ3) is 3.14. The first-order valence-corrected chi connectivity index (χ1v) is 7.31. The molecular formula is C18H17N3O2. The van der Waals surface area contributed by atoms with Crippen LogP contribution in [0.1, 0.15) is 17.2 Å². The highest BCUT2D eigenvalue weighted by Crippen LogP contribution is 2.20. The normalized spacial score (nSPS) is 11.9. The summed E-state index contributed by atoms with van der Waals surface area (Å²) in [6, 6.07) is 18.3. The molecule has 23 heavy (non-hydrogen) atoms. The van der Waals surface area contributed by atoms with E-state index in [0.717, 1.165) is 11.3 Å². The van der Waals surface area contributed by atoms with E-state index in [2.05, 4.69) is 10.4 Å². The Kier molecular flexibility index (Phi) is 4.21. The maximum Gasteiger partial charge on any atom is 0.258 e. The van der Waals surface area contributed by atoms with Gasteiger partial charge in [0.25, 0.3) is 5.91 Å². The zero-order valence-corrected chi connectivity index (χ0v) is 12.7. The quantitative estimate of drug-likeness (QED) is 0.779. The van der Waals surface area contributed by atoms with Crippen LogP contribution < -0.4 is 5.32 Å². The van der Waals surface area contributed by atoms with E-state index in [1.54, 1.807) is 41.2 Å². The number of carbonyl (C=O) groups excluding carboxylic acids is 1. The van der Waals surface area contributed by atoms with Gasteiger partial charge in [0.1, 0.15) is 5.82 Å².